The summed E-state index contributed by atoms with van der Waals surface area (Å²) in [7, 11) is 0. The number of ketones is 1. The molecule has 16 heavy (non-hydrogen) atoms. The van der Waals surface area contributed by atoms with E-state index in [-0.39, 0.29) is 5.78 Å². The minimum absolute atomic E-state index is 0.111. The molecule has 0 radical (unpaired) electrons. The number of carbonyl (C=O) groups is 1. The number of hydrogen-bond donors (Lipinski definition) is 0. The number of halogens is 2. The molecule has 0 spiro atoms. The highest BCUT2D eigenvalue weighted by molar-refractivity contribution is 9.10. The first-order valence-electron chi connectivity index (χ1n) is 4.59. The molecule has 0 N–H and O–H groups in total. The first-order chi connectivity index (χ1) is 7.70. The first-order valence-corrected chi connectivity index (χ1v) is 5.76. The van der Waals surface area contributed by atoms with Gasteiger partial charge in [0.2, 0.25) is 0 Å². The average Bonchev–Trinajstić information content (AvgIpc) is 2.29. The Morgan fingerprint density at radius 3 is 2.62 bits per heavy atom. The zero-order valence-corrected chi connectivity index (χ0v) is 10.5. The highest BCUT2D eigenvalue weighted by Crippen LogP contribution is 2.23. The van der Waals surface area contributed by atoms with E-state index in [0.29, 0.717) is 20.6 Å². The fourth-order valence-electron chi connectivity index (χ4n) is 1.35. The Balaban J connectivity index is 2.48. The largest absolute Gasteiger partial charge is 0.289 e. The van der Waals surface area contributed by atoms with Crippen LogP contribution in [0, 0.1) is 0 Å². The smallest absolute Gasteiger partial charge is 0.195 e. The molecule has 1 heterocycles. The highest BCUT2D eigenvalue weighted by Gasteiger charge is 2.14. The van der Waals surface area contributed by atoms with Gasteiger partial charge in [0.05, 0.1) is 5.02 Å². The Bertz CT molecular complexity index is 495. The van der Waals surface area contributed by atoms with Gasteiger partial charge >= 0.3 is 0 Å². The molecule has 0 bridgehead atoms. The van der Waals surface area contributed by atoms with Crippen LogP contribution in [0.5, 0.6) is 0 Å². The van der Waals surface area contributed by atoms with E-state index in [0.717, 1.165) is 0 Å². The van der Waals surface area contributed by atoms with Gasteiger partial charge in [-0.15, -0.1) is 0 Å². The van der Waals surface area contributed by atoms with Crippen molar-refractivity contribution in [2.24, 2.45) is 0 Å². The molecule has 0 fully saturated rings. The lowest BCUT2D eigenvalue weighted by Crippen LogP contribution is -2.03. The summed E-state index contributed by atoms with van der Waals surface area (Å²) >= 11 is 9.26. The van der Waals surface area contributed by atoms with E-state index in [4.69, 9.17) is 11.6 Å². The third kappa shape index (κ3) is 2.15. The quantitative estimate of drug-likeness (QED) is 0.790. The van der Waals surface area contributed by atoms with Crippen molar-refractivity contribution >= 4 is 33.3 Å². The first kappa shape index (κ1) is 11.3. The van der Waals surface area contributed by atoms with E-state index < -0.39 is 0 Å². The number of pyridine rings is 1. The normalized spacial score (nSPS) is 10.1. The van der Waals surface area contributed by atoms with Crippen LogP contribution in [0.25, 0.3) is 0 Å². The van der Waals surface area contributed by atoms with E-state index in [1.54, 1.807) is 42.7 Å². The van der Waals surface area contributed by atoms with Crippen LogP contribution in [0.2, 0.25) is 5.02 Å². The Kier molecular flexibility index (Phi) is 3.36. The van der Waals surface area contributed by atoms with Crippen molar-refractivity contribution in [3.05, 3.63) is 63.3 Å². The summed E-state index contributed by atoms with van der Waals surface area (Å²) in [5, 5.41) is 0.455. The lowest BCUT2D eigenvalue weighted by atomic mass is 10.0. The number of rotatable bonds is 2. The predicted molar refractivity (Wildman–Crippen MR) is 66.8 cm³/mol. The minimum atomic E-state index is -0.111. The van der Waals surface area contributed by atoms with Crippen LogP contribution < -0.4 is 0 Å². The zero-order valence-electron chi connectivity index (χ0n) is 8.15. The number of aromatic nitrogens is 1. The molecule has 0 saturated carbocycles. The van der Waals surface area contributed by atoms with Gasteiger partial charge in [-0.3, -0.25) is 9.78 Å². The average molecular weight is 297 g/mol. The maximum Gasteiger partial charge on any atom is 0.195 e. The molecule has 0 atom stereocenters. The second-order valence-corrected chi connectivity index (χ2v) is 4.43. The molecule has 4 heteroatoms. The van der Waals surface area contributed by atoms with Gasteiger partial charge in [0.1, 0.15) is 0 Å². The second-order valence-electron chi connectivity index (χ2n) is 3.16. The van der Waals surface area contributed by atoms with Crippen molar-refractivity contribution < 1.29 is 4.79 Å². The zero-order chi connectivity index (χ0) is 11.5. The van der Waals surface area contributed by atoms with Crippen LogP contribution >= 0.6 is 27.5 Å². The summed E-state index contributed by atoms with van der Waals surface area (Å²) in [6, 6.07) is 8.64. The van der Waals surface area contributed by atoms with Crippen LogP contribution in [-0.4, -0.2) is 10.8 Å². The number of carbonyl (C=O) groups excluding carboxylic acids is 1. The fraction of sp³-hybridized carbons (Fsp3) is 0. The molecule has 0 saturated heterocycles. The Morgan fingerprint density at radius 2 is 1.94 bits per heavy atom. The molecule has 0 aliphatic rings. The molecule has 0 unspecified atom stereocenters. The molecule has 2 nitrogen and oxygen atoms in total. The molecule has 1 aromatic heterocycles. The molecule has 0 aliphatic carbocycles. The Morgan fingerprint density at radius 1 is 1.19 bits per heavy atom. The van der Waals surface area contributed by atoms with Crippen molar-refractivity contribution in [2.45, 2.75) is 0 Å². The summed E-state index contributed by atoms with van der Waals surface area (Å²) < 4.78 is 0.667. The predicted octanol–water partition coefficient (Wildman–Crippen LogP) is 3.73. The summed E-state index contributed by atoms with van der Waals surface area (Å²) in [5.74, 6) is -0.111. The van der Waals surface area contributed by atoms with E-state index in [1.165, 1.54) is 0 Å². The standard InChI is InChI=1S/C12H7BrClNO/c13-10-7-15-6-5-8(10)12(16)9-3-1-2-4-11(9)14/h1-7H. The topological polar surface area (TPSA) is 30.0 Å². The van der Waals surface area contributed by atoms with Crippen LogP contribution in [-0.2, 0) is 0 Å². The molecule has 0 aliphatic heterocycles. The molecule has 1 aromatic carbocycles. The van der Waals surface area contributed by atoms with Gasteiger partial charge in [0.15, 0.2) is 5.78 Å². The summed E-state index contributed by atoms with van der Waals surface area (Å²) in [6.45, 7) is 0. The number of hydrogen-bond acceptors (Lipinski definition) is 2. The fourth-order valence-corrected chi connectivity index (χ4v) is 2.00. The second kappa shape index (κ2) is 4.76. The summed E-state index contributed by atoms with van der Waals surface area (Å²) in [4.78, 5) is 16.1. The SMILES string of the molecule is O=C(c1ccccc1Cl)c1ccncc1Br. The third-order valence-electron chi connectivity index (χ3n) is 2.14. The lowest BCUT2D eigenvalue weighted by Gasteiger charge is -2.04. The van der Waals surface area contributed by atoms with E-state index in [1.807, 2.05) is 0 Å². The van der Waals surface area contributed by atoms with Gasteiger partial charge in [-0.25, -0.2) is 0 Å². The van der Waals surface area contributed by atoms with E-state index in [2.05, 4.69) is 20.9 Å². The summed E-state index contributed by atoms with van der Waals surface area (Å²) in [5.41, 5.74) is 1.05. The van der Waals surface area contributed by atoms with Gasteiger partial charge in [0, 0.05) is 28.0 Å². The molecular formula is C12H7BrClNO. The van der Waals surface area contributed by atoms with Crippen molar-refractivity contribution in [1.29, 1.82) is 0 Å². The highest BCUT2D eigenvalue weighted by atomic mass is 79.9. The van der Waals surface area contributed by atoms with Gasteiger partial charge in [-0.1, -0.05) is 23.7 Å². The summed E-state index contributed by atoms with van der Waals surface area (Å²) in [6.07, 6.45) is 3.17. The van der Waals surface area contributed by atoms with Gasteiger partial charge < -0.3 is 0 Å². The molecule has 0 amide bonds. The van der Waals surface area contributed by atoms with Crippen molar-refractivity contribution in [3.63, 3.8) is 0 Å². The van der Waals surface area contributed by atoms with Gasteiger partial charge in [-0.2, -0.15) is 0 Å². The Labute approximate surface area is 106 Å². The van der Waals surface area contributed by atoms with Gasteiger partial charge in [0.25, 0.3) is 0 Å². The number of nitrogens with zero attached hydrogens (tertiary/aromatic N) is 1. The van der Waals surface area contributed by atoms with Crippen LogP contribution in [0.15, 0.2) is 47.2 Å². The number of benzene rings is 1. The van der Waals surface area contributed by atoms with Crippen LogP contribution in [0.4, 0.5) is 0 Å². The van der Waals surface area contributed by atoms with Crippen LogP contribution in [0.3, 0.4) is 0 Å². The molecule has 80 valence electrons. The maximum atomic E-state index is 12.1. The monoisotopic (exact) mass is 295 g/mol. The molecule has 2 rings (SSSR count). The van der Waals surface area contributed by atoms with E-state index in [9.17, 15) is 4.79 Å². The van der Waals surface area contributed by atoms with Crippen molar-refractivity contribution in [1.82, 2.24) is 4.98 Å². The third-order valence-corrected chi connectivity index (χ3v) is 3.10. The van der Waals surface area contributed by atoms with Crippen LogP contribution in [0.1, 0.15) is 15.9 Å². The molecular weight excluding hydrogens is 289 g/mol. The maximum absolute atomic E-state index is 12.1. The minimum Gasteiger partial charge on any atom is -0.289 e. The Hall–Kier alpha value is -1.19. The lowest BCUT2D eigenvalue weighted by molar-refractivity contribution is 0.103. The van der Waals surface area contributed by atoms with Crippen molar-refractivity contribution in [3.8, 4) is 0 Å². The van der Waals surface area contributed by atoms with Gasteiger partial charge in [-0.05, 0) is 34.1 Å². The van der Waals surface area contributed by atoms with E-state index >= 15 is 0 Å². The van der Waals surface area contributed by atoms with Crippen molar-refractivity contribution in [2.75, 3.05) is 0 Å². The molecule has 2 aromatic rings.